The monoisotopic (exact) mass is 265 g/mol. The Morgan fingerprint density at radius 1 is 1.22 bits per heavy atom. The molecule has 2 rings (SSSR count). The van der Waals surface area contributed by atoms with Crippen molar-refractivity contribution in [1.82, 2.24) is 0 Å². The Morgan fingerprint density at radius 2 is 2.00 bits per heavy atom. The Balaban J connectivity index is 2.13. The van der Waals surface area contributed by atoms with Crippen LogP contribution in [0.3, 0.4) is 0 Å². The van der Waals surface area contributed by atoms with Gasteiger partial charge >= 0.3 is 0 Å². The molecule has 0 bridgehead atoms. The zero-order chi connectivity index (χ0) is 13.1. The summed E-state index contributed by atoms with van der Waals surface area (Å²) in [6.45, 7) is 2.09. The second kappa shape index (κ2) is 5.27. The van der Waals surface area contributed by atoms with E-state index in [9.17, 15) is 4.39 Å². The van der Waals surface area contributed by atoms with Crippen LogP contribution in [-0.2, 0) is 6.61 Å². The molecule has 0 saturated carbocycles. The van der Waals surface area contributed by atoms with E-state index in [0.717, 1.165) is 11.1 Å². The fraction of sp³-hybridized carbons (Fsp3) is 0.143. The first kappa shape index (κ1) is 12.7. The van der Waals surface area contributed by atoms with E-state index in [-0.39, 0.29) is 18.2 Å². The number of nitrogen functional groups attached to an aromatic ring is 1. The molecular formula is C14H13ClFNO. The molecule has 2 aromatic rings. The number of benzene rings is 2. The number of hydrogen-bond acceptors (Lipinski definition) is 2. The van der Waals surface area contributed by atoms with Gasteiger partial charge in [0.2, 0.25) is 0 Å². The molecule has 0 amide bonds. The number of ether oxygens (including phenoxy) is 1. The lowest BCUT2D eigenvalue weighted by atomic mass is 10.2. The molecule has 0 spiro atoms. The van der Waals surface area contributed by atoms with Gasteiger partial charge in [-0.15, -0.1) is 0 Å². The van der Waals surface area contributed by atoms with Crippen LogP contribution < -0.4 is 10.5 Å². The van der Waals surface area contributed by atoms with Gasteiger partial charge in [-0.1, -0.05) is 23.7 Å². The van der Waals surface area contributed by atoms with Gasteiger partial charge in [-0.2, -0.15) is 0 Å². The van der Waals surface area contributed by atoms with Gasteiger partial charge in [-0.3, -0.25) is 0 Å². The highest BCUT2D eigenvalue weighted by Gasteiger charge is 2.05. The molecule has 0 heterocycles. The minimum Gasteiger partial charge on any atom is -0.486 e. The Hall–Kier alpha value is -1.74. The zero-order valence-corrected chi connectivity index (χ0v) is 10.7. The summed E-state index contributed by atoms with van der Waals surface area (Å²) in [5.74, 6) is -0.155. The van der Waals surface area contributed by atoms with Crippen molar-refractivity contribution in [3.8, 4) is 5.75 Å². The third kappa shape index (κ3) is 2.93. The van der Waals surface area contributed by atoms with E-state index in [1.165, 1.54) is 6.07 Å². The summed E-state index contributed by atoms with van der Waals surface area (Å²) in [7, 11) is 0. The van der Waals surface area contributed by atoms with Crippen LogP contribution in [0.15, 0.2) is 36.4 Å². The van der Waals surface area contributed by atoms with Crippen LogP contribution >= 0.6 is 11.6 Å². The highest BCUT2D eigenvalue weighted by Crippen LogP contribution is 2.22. The van der Waals surface area contributed by atoms with E-state index in [1.807, 2.05) is 6.92 Å². The number of halogens is 2. The normalized spacial score (nSPS) is 10.4. The van der Waals surface area contributed by atoms with Crippen LogP contribution in [-0.4, -0.2) is 0 Å². The largest absolute Gasteiger partial charge is 0.486 e. The summed E-state index contributed by atoms with van der Waals surface area (Å²) in [5.41, 5.74) is 8.05. The van der Waals surface area contributed by atoms with Crippen LogP contribution in [0, 0.1) is 12.7 Å². The van der Waals surface area contributed by atoms with E-state index >= 15 is 0 Å². The number of rotatable bonds is 3. The highest BCUT2D eigenvalue weighted by molar-refractivity contribution is 6.30. The fourth-order valence-electron chi connectivity index (χ4n) is 1.57. The fourth-order valence-corrected chi connectivity index (χ4v) is 1.75. The van der Waals surface area contributed by atoms with Crippen molar-refractivity contribution in [2.24, 2.45) is 0 Å². The minimum absolute atomic E-state index is 0.212. The molecule has 0 radical (unpaired) electrons. The third-order valence-electron chi connectivity index (χ3n) is 2.58. The SMILES string of the molecule is Cc1ccc(F)c(OCc2ccc(Cl)cc2N)c1. The van der Waals surface area contributed by atoms with Crippen LogP contribution in [0.4, 0.5) is 10.1 Å². The average Bonchev–Trinajstić information content (AvgIpc) is 2.32. The molecule has 0 aromatic heterocycles. The topological polar surface area (TPSA) is 35.2 Å². The summed E-state index contributed by atoms with van der Waals surface area (Å²) in [4.78, 5) is 0. The number of nitrogens with two attached hydrogens (primary N) is 1. The molecular weight excluding hydrogens is 253 g/mol. The second-order valence-corrected chi connectivity index (χ2v) is 4.50. The van der Waals surface area contributed by atoms with E-state index < -0.39 is 0 Å². The van der Waals surface area contributed by atoms with Crippen molar-refractivity contribution in [3.63, 3.8) is 0 Å². The second-order valence-electron chi connectivity index (χ2n) is 4.07. The molecule has 18 heavy (non-hydrogen) atoms. The van der Waals surface area contributed by atoms with E-state index in [1.54, 1.807) is 30.3 Å². The molecule has 94 valence electrons. The van der Waals surface area contributed by atoms with Crippen LogP contribution in [0.5, 0.6) is 5.75 Å². The zero-order valence-electron chi connectivity index (χ0n) is 9.91. The molecule has 0 aliphatic heterocycles. The Bertz CT molecular complexity index is 572. The van der Waals surface area contributed by atoms with Gasteiger partial charge in [0.15, 0.2) is 11.6 Å². The summed E-state index contributed by atoms with van der Waals surface area (Å²) < 4.78 is 18.9. The van der Waals surface area contributed by atoms with Gasteiger partial charge in [0.05, 0.1) is 0 Å². The highest BCUT2D eigenvalue weighted by atomic mass is 35.5. The van der Waals surface area contributed by atoms with Gasteiger partial charge in [-0.25, -0.2) is 4.39 Å². The molecule has 0 unspecified atom stereocenters. The summed E-state index contributed by atoms with van der Waals surface area (Å²) in [6.07, 6.45) is 0. The van der Waals surface area contributed by atoms with Crippen molar-refractivity contribution in [1.29, 1.82) is 0 Å². The van der Waals surface area contributed by atoms with Crippen molar-refractivity contribution < 1.29 is 9.13 Å². The molecule has 0 aliphatic rings. The molecule has 2 nitrogen and oxygen atoms in total. The van der Waals surface area contributed by atoms with E-state index in [2.05, 4.69) is 0 Å². The Labute approximate surface area is 110 Å². The van der Waals surface area contributed by atoms with Crippen molar-refractivity contribution in [2.45, 2.75) is 13.5 Å². The quantitative estimate of drug-likeness (QED) is 0.853. The summed E-state index contributed by atoms with van der Waals surface area (Å²) in [6, 6.07) is 9.87. The van der Waals surface area contributed by atoms with Gasteiger partial charge in [-0.05, 0) is 36.8 Å². The average molecular weight is 266 g/mol. The van der Waals surface area contributed by atoms with Crippen molar-refractivity contribution >= 4 is 17.3 Å². The smallest absolute Gasteiger partial charge is 0.165 e. The Kier molecular flexibility index (Phi) is 3.72. The number of hydrogen-bond donors (Lipinski definition) is 1. The predicted octanol–water partition coefficient (Wildman–Crippen LogP) is 3.95. The number of anilines is 1. The first-order valence-corrected chi connectivity index (χ1v) is 5.87. The van der Waals surface area contributed by atoms with Gasteiger partial charge < -0.3 is 10.5 Å². The molecule has 2 N–H and O–H groups in total. The van der Waals surface area contributed by atoms with Crippen LogP contribution in [0.1, 0.15) is 11.1 Å². The van der Waals surface area contributed by atoms with E-state index in [0.29, 0.717) is 10.7 Å². The van der Waals surface area contributed by atoms with Gasteiger partial charge in [0.25, 0.3) is 0 Å². The molecule has 0 fully saturated rings. The van der Waals surface area contributed by atoms with Crippen LogP contribution in [0.2, 0.25) is 5.02 Å². The molecule has 4 heteroatoms. The molecule has 2 aromatic carbocycles. The lowest BCUT2D eigenvalue weighted by Gasteiger charge is -2.10. The lowest BCUT2D eigenvalue weighted by molar-refractivity contribution is 0.290. The predicted molar refractivity (Wildman–Crippen MR) is 71.3 cm³/mol. The maximum Gasteiger partial charge on any atom is 0.165 e. The lowest BCUT2D eigenvalue weighted by Crippen LogP contribution is -2.01. The molecule has 0 saturated heterocycles. The van der Waals surface area contributed by atoms with Crippen molar-refractivity contribution in [3.05, 3.63) is 58.4 Å². The van der Waals surface area contributed by atoms with E-state index in [4.69, 9.17) is 22.1 Å². The number of aryl methyl sites for hydroxylation is 1. The third-order valence-corrected chi connectivity index (χ3v) is 2.81. The van der Waals surface area contributed by atoms with Crippen molar-refractivity contribution in [2.75, 3.05) is 5.73 Å². The summed E-state index contributed by atoms with van der Waals surface area (Å²) in [5, 5.41) is 0.568. The maximum absolute atomic E-state index is 13.5. The molecule has 0 atom stereocenters. The molecule has 0 aliphatic carbocycles. The standard InChI is InChI=1S/C14H13ClFNO/c1-9-2-5-12(16)14(6-9)18-8-10-3-4-11(15)7-13(10)17/h2-7H,8,17H2,1H3. The minimum atomic E-state index is -0.381. The maximum atomic E-state index is 13.5. The van der Waals surface area contributed by atoms with Crippen LogP contribution in [0.25, 0.3) is 0 Å². The first-order chi connectivity index (χ1) is 8.56. The van der Waals surface area contributed by atoms with Gasteiger partial charge in [0.1, 0.15) is 6.61 Å². The van der Waals surface area contributed by atoms with Gasteiger partial charge in [0, 0.05) is 16.3 Å². The summed E-state index contributed by atoms with van der Waals surface area (Å²) >= 11 is 5.80. The Morgan fingerprint density at radius 3 is 2.72 bits per heavy atom. The first-order valence-electron chi connectivity index (χ1n) is 5.49.